The first-order valence-corrected chi connectivity index (χ1v) is 7.33. The van der Waals surface area contributed by atoms with Crippen molar-refractivity contribution in [1.82, 2.24) is 5.43 Å². The minimum Gasteiger partial charge on any atom is -0.271 e. The van der Waals surface area contributed by atoms with Crippen LogP contribution in [0.15, 0.2) is 36.4 Å². The minimum atomic E-state index is -0.361. The van der Waals surface area contributed by atoms with E-state index in [0.29, 0.717) is 12.0 Å². The molecule has 0 aromatic heterocycles. The second-order valence-electron chi connectivity index (χ2n) is 5.48. The molecule has 0 aliphatic rings. The molecule has 2 nitrogen and oxygen atoms in total. The molecule has 112 valence electrons. The summed E-state index contributed by atoms with van der Waals surface area (Å²) in [6.45, 7) is 4.13. The number of aryl methyl sites for hydroxylation is 2. The molecule has 3 N–H and O–H groups in total. The van der Waals surface area contributed by atoms with E-state index in [1.54, 1.807) is 18.2 Å². The fourth-order valence-electron chi connectivity index (χ4n) is 2.63. The van der Waals surface area contributed by atoms with Crippen LogP contribution in [0.1, 0.15) is 22.3 Å². The van der Waals surface area contributed by atoms with Crippen LogP contribution in [0.5, 0.6) is 0 Å². The Bertz CT molecular complexity index is 608. The number of hydrogen-bond donors (Lipinski definition) is 2. The van der Waals surface area contributed by atoms with Gasteiger partial charge in [0.05, 0.1) is 5.02 Å². The van der Waals surface area contributed by atoms with Gasteiger partial charge < -0.3 is 0 Å². The molecule has 0 heterocycles. The van der Waals surface area contributed by atoms with Crippen molar-refractivity contribution in [3.63, 3.8) is 0 Å². The van der Waals surface area contributed by atoms with E-state index in [9.17, 15) is 4.39 Å². The minimum absolute atomic E-state index is 0.0424. The third kappa shape index (κ3) is 4.27. The van der Waals surface area contributed by atoms with Crippen molar-refractivity contribution >= 4 is 11.6 Å². The number of hydrazine groups is 1. The lowest BCUT2D eigenvalue weighted by atomic mass is 9.97. The number of nitrogens with two attached hydrogens (primary N) is 1. The summed E-state index contributed by atoms with van der Waals surface area (Å²) >= 11 is 5.82. The van der Waals surface area contributed by atoms with Gasteiger partial charge >= 0.3 is 0 Å². The number of rotatable bonds is 5. The summed E-state index contributed by atoms with van der Waals surface area (Å²) < 4.78 is 14.0. The first kappa shape index (κ1) is 16.0. The third-order valence-electron chi connectivity index (χ3n) is 3.50. The van der Waals surface area contributed by atoms with Gasteiger partial charge in [-0.25, -0.2) is 4.39 Å². The highest BCUT2D eigenvalue weighted by Gasteiger charge is 2.14. The summed E-state index contributed by atoms with van der Waals surface area (Å²) in [6, 6.07) is 11.4. The second kappa shape index (κ2) is 7.03. The van der Waals surface area contributed by atoms with Gasteiger partial charge in [0, 0.05) is 6.04 Å². The molecule has 0 amide bonds. The lowest BCUT2D eigenvalue weighted by Gasteiger charge is -2.17. The summed E-state index contributed by atoms with van der Waals surface area (Å²) in [6.07, 6.45) is 1.24. The van der Waals surface area contributed by atoms with E-state index in [0.717, 1.165) is 6.42 Å². The van der Waals surface area contributed by atoms with Gasteiger partial charge in [0.15, 0.2) is 0 Å². The Morgan fingerprint density at radius 1 is 1.14 bits per heavy atom. The first-order chi connectivity index (χ1) is 9.99. The molecular weight excluding hydrogens is 287 g/mol. The molecule has 0 aliphatic heterocycles. The van der Waals surface area contributed by atoms with Crippen LogP contribution in [0.25, 0.3) is 0 Å². The van der Waals surface area contributed by atoms with Gasteiger partial charge in [-0.1, -0.05) is 53.1 Å². The number of halogens is 2. The highest BCUT2D eigenvalue weighted by Crippen LogP contribution is 2.20. The van der Waals surface area contributed by atoms with E-state index in [1.165, 1.54) is 16.7 Å². The highest BCUT2D eigenvalue weighted by atomic mass is 35.5. The number of hydrogen-bond acceptors (Lipinski definition) is 2. The van der Waals surface area contributed by atoms with Crippen molar-refractivity contribution in [3.05, 3.63) is 69.5 Å². The van der Waals surface area contributed by atoms with Crippen LogP contribution in [0.3, 0.4) is 0 Å². The Kier molecular flexibility index (Phi) is 5.34. The molecule has 2 aromatic carbocycles. The van der Waals surface area contributed by atoms with Crippen molar-refractivity contribution in [2.24, 2.45) is 5.84 Å². The van der Waals surface area contributed by atoms with Crippen molar-refractivity contribution in [2.45, 2.75) is 32.7 Å². The topological polar surface area (TPSA) is 38.0 Å². The largest absolute Gasteiger partial charge is 0.271 e. The molecule has 2 aromatic rings. The van der Waals surface area contributed by atoms with Crippen molar-refractivity contribution in [2.75, 3.05) is 0 Å². The fraction of sp³-hybridized carbons (Fsp3) is 0.294. The normalized spacial score (nSPS) is 12.4. The van der Waals surface area contributed by atoms with E-state index < -0.39 is 0 Å². The molecule has 0 spiro atoms. The SMILES string of the molecule is Cc1cc(C)cc(CC(Cc2cccc(Cl)c2F)NN)c1. The zero-order valence-corrected chi connectivity index (χ0v) is 13.0. The number of benzene rings is 2. The van der Waals surface area contributed by atoms with Gasteiger partial charge in [-0.05, 0) is 43.9 Å². The van der Waals surface area contributed by atoms with Crippen LogP contribution >= 0.6 is 11.6 Å². The van der Waals surface area contributed by atoms with Gasteiger partial charge in [-0.2, -0.15) is 0 Å². The molecule has 1 unspecified atom stereocenters. The molecule has 0 saturated heterocycles. The molecule has 0 fully saturated rings. The molecule has 0 saturated carbocycles. The molecule has 1 atom stereocenters. The van der Waals surface area contributed by atoms with Gasteiger partial charge in [0.2, 0.25) is 0 Å². The maximum atomic E-state index is 14.0. The summed E-state index contributed by atoms with van der Waals surface area (Å²) in [5.41, 5.74) is 6.98. The Hall–Kier alpha value is -1.42. The van der Waals surface area contributed by atoms with Crippen LogP contribution in [0.2, 0.25) is 5.02 Å². The van der Waals surface area contributed by atoms with Crippen LogP contribution in [0, 0.1) is 19.7 Å². The fourth-order valence-corrected chi connectivity index (χ4v) is 2.83. The predicted octanol–water partition coefficient (Wildman–Crippen LogP) is 3.71. The summed E-state index contributed by atoms with van der Waals surface area (Å²) in [5.74, 6) is 5.27. The molecule has 0 aliphatic carbocycles. The van der Waals surface area contributed by atoms with Crippen LogP contribution in [0.4, 0.5) is 4.39 Å². The monoisotopic (exact) mass is 306 g/mol. The molecule has 0 bridgehead atoms. The molecule has 4 heteroatoms. The van der Waals surface area contributed by atoms with Crippen molar-refractivity contribution in [3.8, 4) is 0 Å². The summed E-state index contributed by atoms with van der Waals surface area (Å²) in [4.78, 5) is 0. The Labute approximate surface area is 130 Å². The Balaban J connectivity index is 2.15. The first-order valence-electron chi connectivity index (χ1n) is 6.95. The van der Waals surface area contributed by atoms with Gasteiger partial charge in [0.25, 0.3) is 0 Å². The van der Waals surface area contributed by atoms with E-state index in [2.05, 4.69) is 37.5 Å². The highest BCUT2D eigenvalue weighted by molar-refractivity contribution is 6.30. The molecular formula is C17H20ClFN2. The average Bonchev–Trinajstić information content (AvgIpc) is 2.42. The van der Waals surface area contributed by atoms with Crippen LogP contribution in [-0.4, -0.2) is 6.04 Å². The van der Waals surface area contributed by atoms with Crippen LogP contribution in [-0.2, 0) is 12.8 Å². The number of nitrogens with one attached hydrogen (secondary N) is 1. The third-order valence-corrected chi connectivity index (χ3v) is 3.79. The van der Waals surface area contributed by atoms with E-state index in [4.69, 9.17) is 17.4 Å². The zero-order valence-electron chi connectivity index (χ0n) is 12.3. The zero-order chi connectivity index (χ0) is 15.4. The Morgan fingerprint density at radius 2 is 1.81 bits per heavy atom. The lowest BCUT2D eigenvalue weighted by molar-refractivity contribution is 0.506. The standard InChI is InChI=1S/C17H20ClFN2/c1-11-6-12(2)8-13(7-11)9-15(21-20)10-14-4-3-5-16(18)17(14)19/h3-8,15,21H,9-10,20H2,1-2H3. The summed E-state index contributed by atoms with van der Waals surface area (Å²) in [7, 11) is 0. The summed E-state index contributed by atoms with van der Waals surface area (Å²) in [5, 5.41) is 0.148. The van der Waals surface area contributed by atoms with Crippen molar-refractivity contribution < 1.29 is 4.39 Å². The lowest BCUT2D eigenvalue weighted by Crippen LogP contribution is -2.38. The van der Waals surface area contributed by atoms with Crippen LogP contribution < -0.4 is 11.3 Å². The molecule has 2 rings (SSSR count). The average molecular weight is 307 g/mol. The maximum Gasteiger partial charge on any atom is 0.145 e. The van der Waals surface area contributed by atoms with E-state index in [1.807, 2.05) is 0 Å². The van der Waals surface area contributed by atoms with Gasteiger partial charge in [0.1, 0.15) is 5.82 Å². The smallest absolute Gasteiger partial charge is 0.145 e. The molecule has 0 radical (unpaired) electrons. The van der Waals surface area contributed by atoms with E-state index in [-0.39, 0.29) is 16.9 Å². The van der Waals surface area contributed by atoms with E-state index >= 15 is 0 Å². The van der Waals surface area contributed by atoms with Gasteiger partial charge in [-0.15, -0.1) is 0 Å². The quantitative estimate of drug-likeness (QED) is 0.653. The molecule has 21 heavy (non-hydrogen) atoms. The van der Waals surface area contributed by atoms with Crippen molar-refractivity contribution in [1.29, 1.82) is 0 Å². The van der Waals surface area contributed by atoms with Gasteiger partial charge in [-0.3, -0.25) is 11.3 Å². The Morgan fingerprint density at radius 3 is 2.43 bits per heavy atom. The maximum absolute atomic E-state index is 14.0. The predicted molar refractivity (Wildman–Crippen MR) is 85.8 cm³/mol. The second-order valence-corrected chi connectivity index (χ2v) is 5.89.